The lowest BCUT2D eigenvalue weighted by molar-refractivity contribution is -0.124. The highest BCUT2D eigenvalue weighted by molar-refractivity contribution is 9.10. The number of hydrazone groups is 1. The van der Waals surface area contributed by atoms with Crippen molar-refractivity contribution in [2.45, 2.75) is 12.8 Å². The van der Waals surface area contributed by atoms with Crippen LogP contribution in [-0.4, -0.2) is 39.4 Å². The molecule has 0 radical (unpaired) electrons. The highest BCUT2D eigenvalue weighted by atomic mass is 79.9. The van der Waals surface area contributed by atoms with Gasteiger partial charge in [0.05, 0.1) is 32.0 Å². The van der Waals surface area contributed by atoms with E-state index >= 15 is 0 Å². The van der Waals surface area contributed by atoms with Crippen LogP contribution in [0.1, 0.15) is 18.4 Å². The molecule has 0 spiro atoms. The van der Waals surface area contributed by atoms with Gasteiger partial charge in [-0.2, -0.15) is 5.10 Å². The number of hydrogen-bond acceptors (Lipinski definition) is 6. The standard InChI is InChI=1S/C20H22BrN3O5/c1-27-15-6-4-14(5-7-15)23-18(25)8-9-19(26)24-22-12-13-10-16(21)20(29-3)17(11-13)28-2/h4-7,10-12H,8-9H2,1-3H3,(H,23,25)(H,24,26)/b22-12+. The fraction of sp³-hybridized carbons (Fsp3) is 0.250. The second kappa shape index (κ2) is 11.1. The normalized spacial score (nSPS) is 10.5. The molecule has 0 saturated carbocycles. The summed E-state index contributed by atoms with van der Waals surface area (Å²) in [6, 6.07) is 10.4. The average molecular weight is 464 g/mol. The lowest BCUT2D eigenvalue weighted by Gasteiger charge is -2.10. The van der Waals surface area contributed by atoms with Crippen LogP contribution in [-0.2, 0) is 9.59 Å². The van der Waals surface area contributed by atoms with Gasteiger partial charge in [0.25, 0.3) is 0 Å². The number of amides is 2. The van der Waals surface area contributed by atoms with Crippen LogP contribution < -0.4 is 25.0 Å². The molecule has 2 N–H and O–H groups in total. The van der Waals surface area contributed by atoms with Crippen molar-refractivity contribution in [3.8, 4) is 17.2 Å². The van der Waals surface area contributed by atoms with Gasteiger partial charge in [0.15, 0.2) is 11.5 Å². The van der Waals surface area contributed by atoms with E-state index in [0.717, 1.165) is 0 Å². The summed E-state index contributed by atoms with van der Waals surface area (Å²) in [4.78, 5) is 23.8. The molecule has 0 heterocycles. The molecule has 2 aromatic carbocycles. The van der Waals surface area contributed by atoms with Crippen molar-refractivity contribution in [2.75, 3.05) is 26.6 Å². The van der Waals surface area contributed by atoms with Crippen LogP contribution in [0.3, 0.4) is 0 Å². The molecule has 0 aliphatic carbocycles. The van der Waals surface area contributed by atoms with Crippen LogP contribution in [0.15, 0.2) is 46.0 Å². The molecule has 154 valence electrons. The number of carbonyl (C=O) groups is 2. The maximum absolute atomic E-state index is 11.9. The first-order valence-electron chi connectivity index (χ1n) is 8.64. The Morgan fingerprint density at radius 3 is 2.31 bits per heavy atom. The fourth-order valence-corrected chi connectivity index (χ4v) is 2.99. The fourth-order valence-electron chi connectivity index (χ4n) is 2.37. The third kappa shape index (κ3) is 6.79. The molecular formula is C20H22BrN3O5. The summed E-state index contributed by atoms with van der Waals surface area (Å²) < 4.78 is 16.3. The van der Waals surface area contributed by atoms with E-state index in [4.69, 9.17) is 14.2 Å². The van der Waals surface area contributed by atoms with E-state index in [1.165, 1.54) is 13.3 Å². The quantitative estimate of drug-likeness (QED) is 0.438. The van der Waals surface area contributed by atoms with Crippen LogP contribution in [0.5, 0.6) is 17.2 Å². The first-order chi connectivity index (χ1) is 14.0. The smallest absolute Gasteiger partial charge is 0.240 e. The maximum Gasteiger partial charge on any atom is 0.240 e. The van der Waals surface area contributed by atoms with Gasteiger partial charge in [-0.15, -0.1) is 0 Å². The Kier molecular flexibility index (Phi) is 8.47. The van der Waals surface area contributed by atoms with Crippen molar-refractivity contribution in [3.63, 3.8) is 0 Å². The van der Waals surface area contributed by atoms with Gasteiger partial charge in [0, 0.05) is 18.5 Å². The molecule has 8 nitrogen and oxygen atoms in total. The zero-order chi connectivity index (χ0) is 21.2. The zero-order valence-corrected chi connectivity index (χ0v) is 17.9. The van der Waals surface area contributed by atoms with Crippen LogP contribution in [0.2, 0.25) is 0 Å². The summed E-state index contributed by atoms with van der Waals surface area (Å²) in [5.74, 6) is 1.16. The minimum Gasteiger partial charge on any atom is -0.497 e. The largest absolute Gasteiger partial charge is 0.497 e. The van der Waals surface area contributed by atoms with Gasteiger partial charge >= 0.3 is 0 Å². The Labute approximate surface area is 177 Å². The second-order valence-corrected chi connectivity index (χ2v) is 6.66. The van der Waals surface area contributed by atoms with Crippen molar-refractivity contribution in [2.24, 2.45) is 5.10 Å². The van der Waals surface area contributed by atoms with E-state index in [1.807, 2.05) is 0 Å². The average Bonchev–Trinajstić information content (AvgIpc) is 2.72. The molecule has 2 aromatic rings. The topological polar surface area (TPSA) is 98.2 Å². The number of halogens is 1. The minimum atomic E-state index is -0.370. The number of nitrogens with zero attached hydrogens (tertiary/aromatic N) is 1. The third-order valence-corrected chi connectivity index (χ3v) is 4.40. The molecule has 0 saturated heterocycles. The van der Waals surface area contributed by atoms with Gasteiger partial charge < -0.3 is 19.5 Å². The molecule has 0 fully saturated rings. The van der Waals surface area contributed by atoms with Crippen molar-refractivity contribution in [1.29, 1.82) is 0 Å². The molecule has 0 bridgehead atoms. The van der Waals surface area contributed by atoms with Crippen molar-refractivity contribution in [3.05, 3.63) is 46.4 Å². The number of anilines is 1. The highest BCUT2D eigenvalue weighted by Gasteiger charge is 2.10. The Bertz CT molecular complexity index is 884. The summed E-state index contributed by atoms with van der Waals surface area (Å²) in [6.45, 7) is 0. The van der Waals surface area contributed by atoms with Gasteiger partial charge in [-0.3, -0.25) is 9.59 Å². The number of hydrogen-bond donors (Lipinski definition) is 2. The van der Waals surface area contributed by atoms with E-state index in [1.54, 1.807) is 50.6 Å². The Morgan fingerprint density at radius 1 is 1.00 bits per heavy atom. The molecule has 0 aromatic heterocycles. The van der Waals surface area contributed by atoms with Gasteiger partial charge in [-0.25, -0.2) is 5.43 Å². The van der Waals surface area contributed by atoms with Gasteiger partial charge in [-0.05, 0) is 57.9 Å². The van der Waals surface area contributed by atoms with Gasteiger partial charge in [0.1, 0.15) is 5.75 Å². The number of methoxy groups -OCH3 is 3. The predicted molar refractivity (Wildman–Crippen MR) is 114 cm³/mol. The van der Waals surface area contributed by atoms with E-state index in [-0.39, 0.29) is 24.7 Å². The SMILES string of the molecule is COc1ccc(NC(=O)CCC(=O)N/N=C/c2cc(Br)c(OC)c(OC)c2)cc1. The Morgan fingerprint density at radius 2 is 1.69 bits per heavy atom. The molecule has 2 amide bonds. The number of ether oxygens (including phenoxy) is 3. The van der Waals surface area contributed by atoms with Crippen LogP contribution in [0.4, 0.5) is 5.69 Å². The highest BCUT2D eigenvalue weighted by Crippen LogP contribution is 2.35. The molecule has 0 unspecified atom stereocenters. The van der Waals surface area contributed by atoms with E-state index < -0.39 is 0 Å². The summed E-state index contributed by atoms with van der Waals surface area (Å²) >= 11 is 3.39. The van der Waals surface area contributed by atoms with Crippen molar-refractivity contribution >= 4 is 39.6 Å². The third-order valence-electron chi connectivity index (χ3n) is 3.81. The monoisotopic (exact) mass is 463 g/mol. The summed E-state index contributed by atoms with van der Waals surface area (Å²) in [6.07, 6.45) is 1.52. The summed E-state index contributed by atoms with van der Waals surface area (Å²) in [7, 11) is 4.64. The van der Waals surface area contributed by atoms with E-state index in [2.05, 4.69) is 31.8 Å². The molecule has 29 heavy (non-hydrogen) atoms. The molecule has 9 heteroatoms. The first-order valence-corrected chi connectivity index (χ1v) is 9.43. The summed E-state index contributed by atoms with van der Waals surface area (Å²) in [5, 5.41) is 6.62. The van der Waals surface area contributed by atoms with E-state index in [9.17, 15) is 9.59 Å². The predicted octanol–water partition coefficient (Wildman–Crippen LogP) is 3.34. The summed E-state index contributed by atoms with van der Waals surface area (Å²) in [5.41, 5.74) is 3.73. The van der Waals surface area contributed by atoms with Gasteiger partial charge in [-0.1, -0.05) is 0 Å². The molecule has 0 aliphatic rings. The van der Waals surface area contributed by atoms with Crippen molar-refractivity contribution < 1.29 is 23.8 Å². The Hall–Kier alpha value is -3.07. The van der Waals surface area contributed by atoms with Crippen LogP contribution in [0, 0.1) is 0 Å². The van der Waals surface area contributed by atoms with Gasteiger partial charge in [0.2, 0.25) is 11.8 Å². The number of nitrogens with one attached hydrogen (secondary N) is 2. The second-order valence-electron chi connectivity index (χ2n) is 5.81. The molecule has 2 rings (SSSR count). The first kappa shape index (κ1) is 22.2. The maximum atomic E-state index is 11.9. The van der Waals surface area contributed by atoms with Crippen LogP contribution >= 0.6 is 15.9 Å². The molecular weight excluding hydrogens is 442 g/mol. The van der Waals surface area contributed by atoms with Crippen LogP contribution in [0.25, 0.3) is 0 Å². The Balaban J connectivity index is 1.81. The number of carbonyl (C=O) groups excluding carboxylic acids is 2. The lowest BCUT2D eigenvalue weighted by Crippen LogP contribution is -2.20. The number of rotatable bonds is 9. The van der Waals surface area contributed by atoms with Crippen molar-refractivity contribution in [1.82, 2.24) is 5.43 Å². The lowest BCUT2D eigenvalue weighted by atomic mass is 10.2. The molecule has 0 aliphatic heterocycles. The van der Waals surface area contributed by atoms with E-state index in [0.29, 0.717) is 33.0 Å². The minimum absolute atomic E-state index is 0.00889. The number of benzene rings is 2. The molecule has 0 atom stereocenters. The zero-order valence-electron chi connectivity index (χ0n) is 16.3.